The Balaban J connectivity index is 1.88. The molecule has 132 valence electrons. The lowest BCUT2D eigenvalue weighted by molar-refractivity contribution is 0.103. The molecule has 0 bridgehead atoms. The summed E-state index contributed by atoms with van der Waals surface area (Å²) in [6, 6.07) is 10.5. The number of fused-ring (bicyclic) bond motifs is 2. The summed E-state index contributed by atoms with van der Waals surface area (Å²) in [7, 11) is 6.78. The van der Waals surface area contributed by atoms with Gasteiger partial charge in [-0.05, 0) is 36.4 Å². The number of rotatable bonds is 2. The highest BCUT2D eigenvalue weighted by atomic mass is 16.2. The first-order chi connectivity index (χ1) is 12.3. The number of aryl methyl sites for hydroxylation is 4. The van der Waals surface area contributed by atoms with E-state index in [1.54, 1.807) is 73.7 Å². The molecule has 0 fully saturated rings. The van der Waals surface area contributed by atoms with E-state index in [4.69, 9.17) is 0 Å². The largest absolute Gasteiger partial charge is 0.328 e. The fraction of sp³-hybridized carbons (Fsp3) is 0.211. The lowest BCUT2D eigenvalue weighted by Crippen LogP contribution is -2.19. The number of nitrogens with zero attached hydrogens (tertiary/aromatic N) is 4. The summed E-state index contributed by atoms with van der Waals surface area (Å²) in [5, 5.41) is 0. The summed E-state index contributed by atoms with van der Waals surface area (Å²) < 4.78 is 6.15. The maximum Gasteiger partial charge on any atom is 0.328 e. The van der Waals surface area contributed by atoms with Crippen LogP contribution in [0.25, 0.3) is 22.1 Å². The summed E-state index contributed by atoms with van der Waals surface area (Å²) in [5.74, 6) is -0.151. The average Bonchev–Trinajstić information content (AvgIpc) is 3.01. The number of ketones is 1. The number of aromatic nitrogens is 4. The molecular weight excluding hydrogens is 332 g/mol. The van der Waals surface area contributed by atoms with Crippen LogP contribution < -0.4 is 11.4 Å². The van der Waals surface area contributed by atoms with Crippen LogP contribution in [0.2, 0.25) is 0 Å². The number of hydrogen-bond donors (Lipinski definition) is 0. The summed E-state index contributed by atoms with van der Waals surface area (Å²) in [6.45, 7) is 0. The van der Waals surface area contributed by atoms with Gasteiger partial charge in [-0.3, -0.25) is 23.1 Å². The lowest BCUT2D eigenvalue weighted by Gasteiger charge is -2.04. The first-order valence-corrected chi connectivity index (χ1v) is 8.17. The minimum absolute atomic E-state index is 0.134. The van der Waals surface area contributed by atoms with E-state index in [0.29, 0.717) is 22.2 Å². The van der Waals surface area contributed by atoms with Crippen molar-refractivity contribution in [3.63, 3.8) is 0 Å². The third-order valence-electron chi connectivity index (χ3n) is 5.07. The second-order valence-electron chi connectivity index (χ2n) is 6.54. The molecular formula is C19H18N4O3. The minimum Gasteiger partial charge on any atom is -0.295 e. The van der Waals surface area contributed by atoms with Gasteiger partial charge in [0.2, 0.25) is 0 Å². The van der Waals surface area contributed by atoms with Crippen LogP contribution >= 0.6 is 0 Å². The second-order valence-corrected chi connectivity index (χ2v) is 6.54. The van der Waals surface area contributed by atoms with Gasteiger partial charge in [0.1, 0.15) is 0 Å². The van der Waals surface area contributed by atoms with E-state index in [9.17, 15) is 14.4 Å². The molecule has 0 unspecified atom stereocenters. The Hall–Kier alpha value is -3.35. The molecule has 0 atom stereocenters. The topological polar surface area (TPSA) is 70.9 Å². The fourth-order valence-electron chi connectivity index (χ4n) is 3.46. The molecule has 0 aliphatic rings. The molecule has 7 nitrogen and oxygen atoms in total. The van der Waals surface area contributed by atoms with Crippen molar-refractivity contribution in [3.05, 3.63) is 68.5 Å². The summed E-state index contributed by atoms with van der Waals surface area (Å²) >= 11 is 0. The van der Waals surface area contributed by atoms with E-state index >= 15 is 0 Å². The first kappa shape index (κ1) is 16.1. The van der Waals surface area contributed by atoms with Gasteiger partial charge in [-0.25, -0.2) is 9.59 Å². The van der Waals surface area contributed by atoms with E-state index in [1.165, 1.54) is 9.13 Å². The Kier molecular flexibility index (Phi) is 3.30. The number of hydrogen-bond acceptors (Lipinski definition) is 3. The molecule has 0 saturated carbocycles. The molecule has 2 aromatic carbocycles. The van der Waals surface area contributed by atoms with Gasteiger partial charge in [0.25, 0.3) is 0 Å². The van der Waals surface area contributed by atoms with Gasteiger partial charge in [-0.1, -0.05) is 0 Å². The monoisotopic (exact) mass is 350 g/mol. The molecule has 0 aliphatic heterocycles. The average molecular weight is 350 g/mol. The molecule has 0 radical (unpaired) electrons. The molecule has 0 spiro atoms. The highest BCUT2D eigenvalue weighted by molar-refractivity contribution is 6.11. The van der Waals surface area contributed by atoms with Crippen LogP contribution in [-0.4, -0.2) is 24.1 Å². The Morgan fingerprint density at radius 2 is 0.962 bits per heavy atom. The molecule has 0 N–H and O–H groups in total. The smallest absolute Gasteiger partial charge is 0.295 e. The van der Waals surface area contributed by atoms with Crippen LogP contribution in [0, 0.1) is 0 Å². The van der Waals surface area contributed by atoms with E-state index in [2.05, 4.69) is 0 Å². The van der Waals surface area contributed by atoms with E-state index < -0.39 is 0 Å². The number of benzene rings is 2. The van der Waals surface area contributed by atoms with E-state index in [1.807, 2.05) is 0 Å². The molecule has 0 saturated heterocycles. The van der Waals surface area contributed by atoms with Gasteiger partial charge in [-0.15, -0.1) is 0 Å². The van der Waals surface area contributed by atoms with Crippen molar-refractivity contribution in [1.29, 1.82) is 0 Å². The highest BCUT2D eigenvalue weighted by Crippen LogP contribution is 2.20. The fourth-order valence-corrected chi connectivity index (χ4v) is 3.46. The van der Waals surface area contributed by atoms with Crippen LogP contribution in [0.5, 0.6) is 0 Å². The molecule has 7 heteroatoms. The minimum atomic E-state index is -0.151. The van der Waals surface area contributed by atoms with E-state index in [0.717, 1.165) is 11.0 Å². The number of imidazole rings is 2. The number of carbonyl (C=O) groups is 1. The zero-order valence-electron chi connectivity index (χ0n) is 15.0. The summed E-state index contributed by atoms with van der Waals surface area (Å²) in [4.78, 5) is 37.1. The zero-order valence-corrected chi connectivity index (χ0v) is 15.0. The van der Waals surface area contributed by atoms with Crippen molar-refractivity contribution >= 4 is 27.9 Å². The van der Waals surface area contributed by atoms with Crippen molar-refractivity contribution < 1.29 is 4.79 Å². The number of carbonyl (C=O) groups excluding carboxylic acids is 1. The van der Waals surface area contributed by atoms with E-state index in [-0.39, 0.29) is 17.2 Å². The van der Waals surface area contributed by atoms with Gasteiger partial charge in [-0.2, -0.15) is 0 Å². The Labute approximate surface area is 148 Å². The van der Waals surface area contributed by atoms with Crippen LogP contribution in [0.1, 0.15) is 15.9 Å². The third kappa shape index (κ3) is 2.03. The van der Waals surface area contributed by atoms with Gasteiger partial charge in [0, 0.05) is 39.3 Å². The molecule has 2 heterocycles. The predicted octanol–water partition coefficient (Wildman–Crippen LogP) is 1.30. The van der Waals surface area contributed by atoms with Gasteiger partial charge in [0.15, 0.2) is 5.78 Å². The van der Waals surface area contributed by atoms with Crippen molar-refractivity contribution in [2.75, 3.05) is 0 Å². The van der Waals surface area contributed by atoms with Crippen LogP contribution in [0.4, 0.5) is 0 Å². The van der Waals surface area contributed by atoms with Crippen molar-refractivity contribution in [1.82, 2.24) is 18.3 Å². The summed E-state index contributed by atoms with van der Waals surface area (Å²) in [6.07, 6.45) is 0. The standard InChI is InChI=1S/C19H18N4O3/c1-20-13-7-5-11(9-15(13)22(3)18(20)25)17(24)12-6-8-14-16(10-12)23(4)19(26)21(14)2/h5-10H,1-4H3. The zero-order chi connectivity index (χ0) is 18.7. The Morgan fingerprint density at radius 3 is 1.35 bits per heavy atom. The van der Waals surface area contributed by atoms with Gasteiger partial charge in [0.05, 0.1) is 22.1 Å². The molecule has 0 aliphatic carbocycles. The normalized spacial score (nSPS) is 11.5. The SMILES string of the molecule is Cn1c(=O)n(C)c2cc(C(=O)c3ccc4c(c3)n(C)c(=O)n4C)ccc21. The Morgan fingerprint density at radius 1 is 0.615 bits per heavy atom. The maximum atomic E-state index is 13.0. The third-order valence-corrected chi connectivity index (χ3v) is 5.07. The van der Waals surface area contributed by atoms with Crippen molar-refractivity contribution in [3.8, 4) is 0 Å². The van der Waals surface area contributed by atoms with Gasteiger partial charge < -0.3 is 0 Å². The molecule has 2 aromatic heterocycles. The van der Waals surface area contributed by atoms with Crippen LogP contribution in [0.3, 0.4) is 0 Å². The highest BCUT2D eigenvalue weighted by Gasteiger charge is 2.16. The van der Waals surface area contributed by atoms with Crippen LogP contribution in [-0.2, 0) is 28.2 Å². The molecule has 0 amide bonds. The lowest BCUT2D eigenvalue weighted by atomic mass is 10.0. The maximum absolute atomic E-state index is 13.0. The quantitative estimate of drug-likeness (QED) is 0.512. The first-order valence-electron chi connectivity index (χ1n) is 8.17. The summed E-state index contributed by atoms with van der Waals surface area (Å²) in [5.41, 5.74) is 3.69. The Bertz CT molecular complexity index is 1230. The van der Waals surface area contributed by atoms with Crippen LogP contribution in [0.15, 0.2) is 46.0 Å². The second kappa shape index (κ2) is 5.32. The van der Waals surface area contributed by atoms with Crippen molar-refractivity contribution in [2.45, 2.75) is 0 Å². The predicted molar refractivity (Wildman–Crippen MR) is 99.8 cm³/mol. The van der Waals surface area contributed by atoms with Gasteiger partial charge >= 0.3 is 11.4 Å². The molecule has 4 rings (SSSR count). The molecule has 26 heavy (non-hydrogen) atoms. The van der Waals surface area contributed by atoms with Crippen molar-refractivity contribution in [2.24, 2.45) is 28.2 Å². The molecule has 4 aromatic rings.